The molecule has 1 atom stereocenters. The molecule has 0 aliphatic heterocycles. The number of benzene rings is 1. The van der Waals surface area contributed by atoms with Crippen LogP contribution in [-0.2, 0) is 0 Å². The van der Waals surface area contributed by atoms with Crippen LogP contribution in [0.2, 0.25) is 0 Å². The van der Waals surface area contributed by atoms with E-state index in [-0.39, 0.29) is 17.2 Å². The van der Waals surface area contributed by atoms with Crippen LogP contribution in [0.1, 0.15) is 17.3 Å². The van der Waals surface area contributed by atoms with E-state index in [1.54, 1.807) is 31.0 Å². The van der Waals surface area contributed by atoms with E-state index < -0.39 is 5.97 Å². The molecule has 0 aromatic heterocycles. The highest BCUT2D eigenvalue weighted by Gasteiger charge is 2.14. The minimum absolute atomic E-state index is 0.0824. The third kappa shape index (κ3) is 2.88. The number of carboxylic acid groups (broad SMARTS) is 1. The lowest BCUT2D eigenvalue weighted by Gasteiger charge is -2.22. The number of nitrogen functional groups attached to an aromatic ring is 1. The van der Waals surface area contributed by atoms with Gasteiger partial charge in [0, 0.05) is 13.6 Å². The van der Waals surface area contributed by atoms with Gasteiger partial charge in [-0.25, -0.2) is 4.79 Å². The second kappa shape index (κ2) is 5.21. The van der Waals surface area contributed by atoms with Crippen LogP contribution in [0, 0.1) is 17.2 Å². The smallest absolute Gasteiger partial charge is 0.337 e. The third-order valence-corrected chi connectivity index (χ3v) is 2.49. The van der Waals surface area contributed by atoms with E-state index in [9.17, 15) is 4.79 Å². The molecule has 0 saturated heterocycles. The minimum Gasteiger partial charge on any atom is -0.478 e. The van der Waals surface area contributed by atoms with Gasteiger partial charge in [-0.05, 0) is 19.1 Å². The number of aromatic carboxylic acids is 1. The van der Waals surface area contributed by atoms with E-state index in [1.165, 1.54) is 6.07 Å². The van der Waals surface area contributed by atoms with E-state index in [1.807, 2.05) is 0 Å². The summed E-state index contributed by atoms with van der Waals surface area (Å²) in [6.07, 6.45) is 0. The first-order valence-corrected chi connectivity index (χ1v) is 5.20. The van der Waals surface area contributed by atoms with Crippen LogP contribution < -0.4 is 10.6 Å². The van der Waals surface area contributed by atoms with Crippen LogP contribution in [0.4, 0.5) is 11.4 Å². The fraction of sp³-hybridized carbons (Fsp3) is 0.333. The van der Waals surface area contributed by atoms with Gasteiger partial charge >= 0.3 is 5.97 Å². The van der Waals surface area contributed by atoms with E-state index >= 15 is 0 Å². The first-order chi connectivity index (χ1) is 7.97. The molecule has 0 radical (unpaired) electrons. The summed E-state index contributed by atoms with van der Waals surface area (Å²) in [6.45, 7) is 2.30. The van der Waals surface area contributed by atoms with Crippen LogP contribution >= 0.6 is 0 Å². The Morgan fingerprint density at radius 2 is 2.29 bits per heavy atom. The summed E-state index contributed by atoms with van der Waals surface area (Å²) in [4.78, 5) is 12.7. The molecule has 0 fully saturated rings. The zero-order valence-electron chi connectivity index (χ0n) is 9.84. The summed E-state index contributed by atoms with van der Waals surface area (Å²) in [5, 5.41) is 17.7. The molecule has 0 amide bonds. The van der Waals surface area contributed by atoms with Crippen LogP contribution in [0.5, 0.6) is 0 Å². The van der Waals surface area contributed by atoms with Crippen molar-refractivity contribution < 1.29 is 9.90 Å². The number of carbonyl (C=O) groups is 1. The van der Waals surface area contributed by atoms with Gasteiger partial charge in [0.1, 0.15) is 0 Å². The van der Waals surface area contributed by atoms with Crippen molar-refractivity contribution in [3.63, 3.8) is 0 Å². The summed E-state index contributed by atoms with van der Waals surface area (Å²) >= 11 is 0. The van der Waals surface area contributed by atoms with Gasteiger partial charge in [0.05, 0.1) is 28.9 Å². The normalized spacial score (nSPS) is 11.6. The first-order valence-electron chi connectivity index (χ1n) is 5.20. The minimum atomic E-state index is -1.05. The Kier molecular flexibility index (Phi) is 3.94. The molecule has 5 heteroatoms. The second-order valence-corrected chi connectivity index (χ2v) is 3.95. The summed E-state index contributed by atoms with van der Waals surface area (Å²) in [7, 11) is 1.78. The van der Waals surface area contributed by atoms with Gasteiger partial charge in [0.15, 0.2) is 0 Å². The summed E-state index contributed by atoms with van der Waals surface area (Å²) in [5.74, 6) is -1.20. The number of hydrogen-bond donors (Lipinski definition) is 2. The fourth-order valence-corrected chi connectivity index (χ4v) is 1.62. The van der Waals surface area contributed by atoms with Crippen molar-refractivity contribution in [2.75, 3.05) is 24.2 Å². The molecule has 90 valence electrons. The molecule has 1 aromatic rings. The molecular weight excluding hydrogens is 218 g/mol. The molecule has 1 rings (SSSR count). The van der Waals surface area contributed by atoms with Gasteiger partial charge in [-0.2, -0.15) is 5.26 Å². The lowest BCUT2D eigenvalue weighted by molar-refractivity contribution is 0.0698. The van der Waals surface area contributed by atoms with Crippen LogP contribution in [-0.4, -0.2) is 24.7 Å². The monoisotopic (exact) mass is 233 g/mol. The maximum atomic E-state index is 10.9. The largest absolute Gasteiger partial charge is 0.478 e. The highest BCUT2D eigenvalue weighted by atomic mass is 16.4. The Hall–Kier alpha value is -2.22. The predicted molar refractivity (Wildman–Crippen MR) is 65.9 cm³/mol. The third-order valence-electron chi connectivity index (χ3n) is 2.49. The SMILES string of the molecule is CC(C#N)CN(C)c1cccc(C(=O)O)c1N. The average Bonchev–Trinajstić information content (AvgIpc) is 2.28. The van der Waals surface area contributed by atoms with E-state index in [4.69, 9.17) is 16.1 Å². The lowest BCUT2D eigenvalue weighted by Crippen LogP contribution is -2.24. The van der Waals surface area contributed by atoms with E-state index in [0.717, 1.165) is 0 Å². The van der Waals surface area contributed by atoms with Gasteiger partial charge in [-0.15, -0.1) is 0 Å². The molecule has 0 bridgehead atoms. The molecular formula is C12H15N3O2. The first kappa shape index (κ1) is 12.8. The average molecular weight is 233 g/mol. The number of rotatable bonds is 4. The van der Waals surface area contributed by atoms with Crippen LogP contribution in [0.3, 0.4) is 0 Å². The number of nitriles is 1. The van der Waals surface area contributed by atoms with Crippen LogP contribution in [0.15, 0.2) is 18.2 Å². The Morgan fingerprint density at radius 1 is 1.65 bits per heavy atom. The molecule has 0 heterocycles. The summed E-state index contributed by atoms with van der Waals surface area (Å²) in [5.41, 5.74) is 6.74. The molecule has 1 unspecified atom stereocenters. The number of nitrogens with two attached hydrogens (primary N) is 1. The molecule has 0 aliphatic rings. The number of anilines is 2. The van der Waals surface area contributed by atoms with Crippen molar-refractivity contribution in [1.82, 2.24) is 0 Å². The van der Waals surface area contributed by atoms with E-state index in [2.05, 4.69) is 6.07 Å². The Bertz CT molecular complexity index is 465. The van der Waals surface area contributed by atoms with Crippen molar-refractivity contribution in [2.45, 2.75) is 6.92 Å². The lowest BCUT2D eigenvalue weighted by atomic mass is 10.1. The second-order valence-electron chi connectivity index (χ2n) is 3.95. The van der Waals surface area contributed by atoms with Crippen molar-refractivity contribution >= 4 is 17.3 Å². The Morgan fingerprint density at radius 3 is 2.82 bits per heavy atom. The van der Waals surface area contributed by atoms with Crippen molar-refractivity contribution in [3.8, 4) is 6.07 Å². The quantitative estimate of drug-likeness (QED) is 0.770. The number of hydrogen-bond acceptors (Lipinski definition) is 4. The van der Waals surface area contributed by atoms with Crippen molar-refractivity contribution in [2.24, 2.45) is 5.92 Å². The van der Waals surface area contributed by atoms with Gasteiger partial charge in [-0.3, -0.25) is 0 Å². The van der Waals surface area contributed by atoms with Gasteiger partial charge in [0.25, 0.3) is 0 Å². The number of para-hydroxylation sites is 1. The molecule has 3 N–H and O–H groups in total. The molecule has 5 nitrogen and oxygen atoms in total. The maximum absolute atomic E-state index is 10.9. The van der Waals surface area contributed by atoms with Gasteiger partial charge in [0.2, 0.25) is 0 Å². The molecule has 17 heavy (non-hydrogen) atoms. The topological polar surface area (TPSA) is 90.3 Å². The molecule has 0 saturated carbocycles. The standard InChI is InChI=1S/C12H15N3O2/c1-8(6-13)7-15(2)10-5-3-4-9(11(10)14)12(16)17/h3-5,8H,7,14H2,1-2H3,(H,16,17). The van der Waals surface area contributed by atoms with Gasteiger partial charge < -0.3 is 15.7 Å². The Labute approximate surface area is 100 Å². The Balaban J connectivity index is 3.03. The van der Waals surface area contributed by atoms with E-state index in [0.29, 0.717) is 12.2 Å². The number of nitrogens with zero attached hydrogens (tertiary/aromatic N) is 2. The van der Waals surface area contributed by atoms with Crippen molar-refractivity contribution in [1.29, 1.82) is 5.26 Å². The van der Waals surface area contributed by atoms with Crippen molar-refractivity contribution in [3.05, 3.63) is 23.8 Å². The molecule has 0 spiro atoms. The predicted octanol–water partition coefficient (Wildman–Crippen LogP) is 1.56. The fourth-order valence-electron chi connectivity index (χ4n) is 1.62. The molecule has 1 aromatic carbocycles. The van der Waals surface area contributed by atoms with Crippen LogP contribution in [0.25, 0.3) is 0 Å². The summed E-state index contributed by atoms with van der Waals surface area (Å²) < 4.78 is 0. The number of carboxylic acids is 1. The maximum Gasteiger partial charge on any atom is 0.337 e. The van der Waals surface area contributed by atoms with Gasteiger partial charge in [-0.1, -0.05) is 6.07 Å². The highest BCUT2D eigenvalue weighted by molar-refractivity contribution is 5.97. The molecule has 0 aliphatic carbocycles. The zero-order valence-corrected chi connectivity index (χ0v) is 9.84. The summed E-state index contributed by atoms with van der Waals surface area (Å²) in [6, 6.07) is 6.97. The highest BCUT2D eigenvalue weighted by Crippen LogP contribution is 2.26. The zero-order chi connectivity index (χ0) is 13.0.